The summed E-state index contributed by atoms with van der Waals surface area (Å²) in [6, 6.07) is 11.8. The summed E-state index contributed by atoms with van der Waals surface area (Å²) in [4.78, 5) is 30.5. The molecule has 1 aliphatic heterocycles. The summed E-state index contributed by atoms with van der Waals surface area (Å²) in [5, 5.41) is 5.41. The van der Waals surface area contributed by atoms with Gasteiger partial charge in [-0.2, -0.15) is 5.10 Å². The minimum Gasteiger partial charge on any atom is -0.344 e. The van der Waals surface area contributed by atoms with Crippen LogP contribution >= 0.6 is 11.3 Å². The number of para-hydroxylation sites is 1. The number of fused-ring (bicyclic) bond motifs is 1. The summed E-state index contributed by atoms with van der Waals surface area (Å²) < 4.78 is 1.77. The summed E-state index contributed by atoms with van der Waals surface area (Å²) in [5.41, 5.74) is 0.969. The molecule has 0 unspecified atom stereocenters. The van der Waals surface area contributed by atoms with Gasteiger partial charge in [-0.05, 0) is 31.0 Å². The molecule has 1 saturated heterocycles. The number of thiophene rings is 1. The van der Waals surface area contributed by atoms with Crippen LogP contribution in [0, 0.1) is 0 Å². The van der Waals surface area contributed by atoms with E-state index < -0.39 is 0 Å². The number of carbonyl (C=O) groups excluding carboxylic acids is 2. The van der Waals surface area contributed by atoms with Gasteiger partial charge in [0.05, 0.1) is 22.6 Å². The van der Waals surface area contributed by atoms with Crippen LogP contribution in [0.3, 0.4) is 0 Å². The second-order valence-electron chi connectivity index (χ2n) is 7.01. The van der Waals surface area contributed by atoms with Gasteiger partial charge >= 0.3 is 0 Å². The van der Waals surface area contributed by atoms with Gasteiger partial charge in [-0.1, -0.05) is 18.2 Å². The quantitative estimate of drug-likeness (QED) is 0.696. The lowest BCUT2D eigenvalue weighted by Gasteiger charge is -2.24. The maximum atomic E-state index is 13.0. The number of aromatic nitrogens is 2. The first kappa shape index (κ1) is 17.7. The number of hydrogen-bond acceptors (Lipinski definition) is 4. The van der Waals surface area contributed by atoms with Crippen LogP contribution in [0.1, 0.15) is 33.4 Å². The largest absolute Gasteiger partial charge is 0.344 e. The molecule has 3 heterocycles. The fraction of sp³-hybridized carbons (Fsp3) is 0.350. The minimum absolute atomic E-state index is 0.00475. The van der Waals surface area contributed by atoms with Crippen molar-refractivity contribution in [3.8, 4) is 0 Å². The molecule has 140 valence electrons. The van der Waals surface area contributed by atoms with Gasteiger partial charge in [0.1, 0.15) is 6.54 Å². The van der Waals surface area contributed by atoms with Gasteiger partial charge in [-0.3, -0.25) is 14.3 Å². The lowest BCUT2D eigenvalue weighted by atomic mass is 10.2. The maximum Gasteiger partial charge on any atom is 0.263 e. The van der Waals surface area contributed by atoms with Crippen LogP contribution in [0.25, 0.3) is 10.9 Å². The molecule has 2 amide bonds. The standard InChI is InChI=1S/C20H22N4O2S/c1-22(2)20(26)18-10-9-17(27-18)16-8-5-11-23(16)19(25)13-24-15-7-4-3-6-14(15)12-21-24/h3-4,6-7,9-10,12,16H,5,8,11,13H2,1-2H3/t16-/m0/s1. The molecule has 2 aromatic heterocycles. The highest BCUT2D eigenvalue weighted by molar-refractivity contribution is 7.14. The molecule has 7 heteroatoms. The highest BCUT2D eigenvalue weighted by Crippen LogP contribution is 2.36. The average Bonchev–Trinajstić information content (AvgIpc) is 3.40. The monoisotopic (exact) mass is 382 g/mol. The molecule has 1 fully saturated rings. The van der Waals surface area contributed by atoms with Crippen molar-refractivity contribution in [1.82, 2.24) is 19.6 Å². The van der Waals surface area contributed by atoms with E-state index in [1.54, 1.807) is 29.9 Å². The number of nitrogens with zero attached hydrogens (tertiary/aromatic N) is 4. The van der Waals surface area contributed by atoms with E-state index in [2.05, 4.69) is 5.10 Å². The molecule has 1 aromatic carbocycles. The van der Waals surface area contributed by atoms with Crippen molar-refractivity contribution in [2.24, 2.45) is 0 Å². The molecular weight excluding hydrogens is 360 g/mol. The molecule has 0 bridgehead atoms. The molecule has 27 heavy (non-hydrogen) atoms. The number of amides is 2. The lowest BCUT2D eigenvalue weighted by Crippen LogP contribution is -2.33. The second kappa shape index (κ2) is 7.15. The van der Waals surface area contributed by atoms with Crippen molar-refractivity contribution in [2.75, 3.05) is 20.6 Å². The van der Waals surface area contributed by atoms with E-state index in [9.17, 15) is 9.59 Å². The van der Waals surface area contributed by atoms with Crippen molar-refractivity contribution in [1.29, 1.82) is 0 Å². The van der Waals surface area contributed by atoms with Gasteiger partial charge in [0.2, 0.25) is 5.91 Å². The molecule has 0 aliphatic carbocycles. The van der Waals surface area contributed by atoms with Crippen LogP contribution in [0.5, 0.6) is 0 Å². The highest BCUT2D eigenvalue weighted by Gasteiger charge is 2.31. The topological polar surface area (TPSA) is 58.4 Å². The average molecular weight is 382 g/mol. The van der Waals surface area contributed by atoms with E-state index in [1.165, 1.54) is 11.3 Å². The van der Waals surface area contributed by atoms with E-state index in [4.69, 9.17) is 0 Å². The van der Waals surface area contributed by atoms with E-state index in [-0.39, 0.29) is 24.4 Å². The normalized spacial score (nSPS) is 16.8. The number of rotatable bonds is 4. The summed E-state index contributed by atoms with van der Waals surface area (Å²) in [6.45, 7) is 0.983. The molecule has 0 spiro atoms. The van der Waals surface area contributed by atoms with Gasteiger partial charge in [0, 0.05) is 30.9 Å². The van der Waals surface area contributed by atoms with Crippen LogP contribution in [-0.2, 0) is 11.3 Å². The third-order valence-corrected chi connectivity index (χ3v) is 6.16. The zero-order chi connectivity index (χ0) is 19.0. The molecule has 0 saturated carbocycles. The maximum absolute atomic E-state index is 13.0. The van der Waals surface area contributed by atoms with E-state index in [0.29, 0.717) is 4.88 Å². The second-order valence-corrected chi connectivity index (χ2v) is 8.12. The smallest absolute Gasteiger partial charge is 0.263 e. The Morgan fingerprint density at radius 1 is 1.22 bits per heavy atom. The first-order valence-electron chi connectivity index (χ1n) is 9.06. The fourth-order valence-electron chi connectivity index (χ4n) is 3.60. The van der Waals surface area contributed by atoms with Gasteiger partial charge in [-0.15, -0.1) is 11.3 Å². The molecule has 1 atom stereocenters. The Bertz CT molecular complexity index is 991. The Morgan fingerprint density at radius 3 is 2.85 bits per heavy atom. The first-order valence-corrected chi connectivity index (χ1v) is 9.87. The first-order chi connectivity index (χ1) is 13.0. The Balaban J connectivity index is 1.53. The van der Waals surface area contributed by atoms with Crippen molar-refractivity contribution in [3.05, 3.63) is 52.3 Å². The SMILES string of the molecule is CN(C)C(=O)c1ccc([C@@H]2CCCN2C(=O)Cn2ncc3ccccc32)s1. The zero-order valence-corrected chi connectivity index (χ0v) is 16.3. The van der Waals surface area contributed by atoms with Gasteiger partial charge < -0.3 is 9.80 Å². The summed E-state index contributed by atoms with van der Waals surface area (Å²) in [6.07, 6.45) is 3.70. The van der Waals surface area contributed by atoms with Gasteiger partial charge in [-0.25, -0.2) is 0 Å². The Labute approximate surface area is 162 Å². The fourth-order valence-corrected chi connectivity index (χ4v) is 4.78. The van der Waals surface area contributed by atoms with Crippen molar-refractivity contribution < 1.29 is 9.59 Å². The third kappa shape index (κ3) is 3.35. The van der Waals surface area contributed by atoms with Gasteiger partial charge in [0.25, 0.3) is 5.91 Å². The van der Waals surface area contributed by atoms with E-state index in [0.717, 1.165) is 35.2 Å². The number of likely N-dealkylation sites (tertiary alicyclic amines) is 1. The van der Waals surface area contributed by atoms with Crippen molar-refractivity contribution in [3.63, 3.8) is 0 Å². The van der Waals surface area contributed by atoms with Crippen LogP contribution < -0.4 is 0 Å². The van der Waals surface area contributed by atoms with Crippen LogP contribution in [-0.4, -0.2) is 52.0 Å². The van der Waals surface area contributed by atoms with E-state index >= 15 is 0 Å². The van der Waals surface area contributed by atoms with E-state index in [1.807, 2.05) is 41.3 Å². The number of benzene rings is 1. The molecule has 4 rings (SSSR count). The zero-order valence-electron chi connectivity index (χ0n) is 15.5. The molecule has 6 nitrogen and oxygen atoms in total. The summed E-state index contributed by atoms with van der Waals surface area (Å²) >= 11 is 1.49. The Morgan fingerprint density at radius 2 is 2.04 bits per heavy atom. The predicted molar refractivity (Wildman–Crippen MR) is 106 cm³/mol. The minimum atomic E-state index is 0.00475. The third-order valence-electron chi connectivity index (χ3n) is 4.98. The van der Waals surface area contributed by atoms with Crippen molar-refractivity contribution >= 4 is 34.1 Å². The van der Waals surface area contributed by atoms with Crippen LogP contribution in [0.4, 0.5) is 0 Å². The predicted octanol–water partition coefficient (Wildman–Crippen LogP) is 3.16. The number of hydrogen-bond donors (Lipinski definition) is 0. The summed E-state index contributed by atoms with van der Waals surface area (Å²) in [5.74, 6) is 0.0744. The van der Waals surface area contributed by atoms with Crippen molar-refractivity contribution in [2.45, 2.75) is 25.4 Å². The number of carbonyl (C=O) groups is 2. The lowest BCUT2D eigenvalue weighted by molar-refractivity contribution is -0.132. The molecule has 3 aromatic rings. The Hall–Kier alpha value is -2.67. The van der Waals surface area contributed by atoms with Gasteiger partial charge in [0.15, 0.2) is 0 Å². The molecule has 0 radical (unpaired) electrons. The van der Waals surface area contributed by atoms with Crippen LogP contribution in [0.2, 0.25) is 0 Å². The molecule has 0 N–H and O–H groups in total. The van der Waals surface area contributed by atoms with Crippen LogP contribution in [0.15, 0.2) is 42.6 Å². The summed E-state index contributed by atoms with van der Waals surface area (Å²) in [7, 11) is 3.50. The molecular formula is C20H22N4O2S. The highest BCUT2D eigenvalue weighted by atomic mass is 32.1. The molecule has 1 aliphatic rings. The Kier molecular flexibility index (Phi) is 4.70.